The highest BCUT2D eigenvalue weighted by atomic mass is 32.2. The predicted molar refractivity (Wildman–Crippen MR) is 158 cm³/mol. The van der Waals surface area contributed by atoms with Gasteiger partial charge in [-0.1, -0.05) is 30.3 Å². The van der Waals surface area contributed by atoms with Crippen molar-refractivity contribution in [2.45, 2.75) is 44.6 Å². The summed E-state index contributed by atoms with van der Waals surface area (Å²) in [5, 5.41) is 0. The van der Waals surface area contributed by atoms with E-state index in [1.165, 1.54) is 11.1 Å². The van der Waals surface area contributed by atoms with E-state index in [2.05, 4.69) is 69.8 Å². The molecule has 40 heavy (non-hydrogen) atoms. The maximum atomic E-state index is 13.3. The molecule has 206 valence electrons. The molecule has 3 atom stereocenters. The van der Waals surface area contributed by atoms with Gasteiger partial charge in [0.25, 0.3) is 5.95 Å². The monoisotopic (exact) mass is 553 g/mol. The van der Waals surface area contributed by atoms with Gasteiger partial charge in [-0.2, -0.15) is 9.71 Å². The second-order valence-corrected chi connectivity index (χ2v) is 12.2. The number of hydrogen-bond donors (Lipinski definition) is 1. The van der Waals surface area contributed by atoms with Crippen molar-refractivity contribution < 1.29 is 9.29 Å². The Morgan fingerprint density at radius 2 is 1.77 bits per heavy atom. The van der Waals surface area contributed by atoms with Crippen LogP contribution in [0, 0.1) is 25.7 Å². The summed E-state index contributed by atoms with van der Waals surface area (Å²) >= 11 is -1.49. The molecule has 0 aliphatic carbocycles. The van der Waals surface area contributed by atoms with Crippen LogP contribution in [0.15, 0.2) is 78.0 Å². The topological polar surface area (TPSA) is 86.2 Å². The maximum absolute atomic E-state index is 13.3. The molecular formula is C32H35N5O2S. The predicted octanol–water partition coefficient (Wildman–Crippen LogP) is 5.75. The van der Waals surface area contributed by atoms with Crippen molar-refractivity contribution in [3.05, 3.63) is 95.3 Å². The molecule has 4 bridgehead atoms. The van der Waals surface area contributed by atoms with E-state index in [0.717, 1.165) is 66.2 Å². The Bertz CT molecular complexity index is 1450. The number of nitrogens with zero attached hydrogens (tertiary/aromatic N) is 4. The lowest BCUT2D eigenvalue weighted by Gasteiger charge is -2.38. The number of rotatable bonds is 3. The van der Waals surface area contributed by atoms with Gasteiger partial charge in [0.1, 0.15) is 11.4 Å². The molecule has 1 saturated heterocycles. The molecule has 2 aromatic carbocycles. The van der Waals surface area contributed by atoms with E-state index in [0.29, 0.717) is 30.3 Å². The number of pyridine rings is 1. The normalized spacial score (nSPS) is 21.4. The highest BCUT2D eigenvalue weighted by Gasteiger charge is 2.30. The van der Waals surface area contributed by atoms with Crippen molar-refractivity contribution in [1.82, 2.24) is 19.9 Å². The summed E-state index contributed by atoms with van der Waals surface area (Å²) in [7, 11) is 0. The Balaban J connectivity index is 1.34. The maximum Gasteiger partial charge on any atom is 0.269 e. The van der Waals surface area contributed by atoms with E-state index in [9.17, 15) is 4.55 Å². The first-order chi connectivity index (χ1) is 19.5. The van der Waals surface area contributed by atoms with Gasteiger partial charge in [-0.05, 0) is 92.1 Å². The van der Waals surface area contributed by atoms with E-state index < -0.39 is 11.4 Å². The number of hydrogen-bond acceptors (Lipinski definition) is 7. The lowest BCUT2D eigenvalue weighted by atomic mass is 9.82. The summed E-state index contributed by atoms with van der Waals surface area (Å²) in [6.07, 6.45) is 6.87. The van der Waals surface area contributed by atoms with Gasteiger partial charge >= 0.3 is 0 Å². The Morgan fingerprint density at radius 3 is 2.60 bits per heavy atom. The minimum absolute atomic E-state index is 0.301. The molecule has 2 aliphatic heterocycles. The largest absolute Gasteiger partial charge is 0.588 e. The van der Waals surface area contributed by atoms with Crippen LogP contribution in [0.25, 0.3) is 11.3 Å². The molecule has 4 heterocycles. The quantitative estimate of drug-likeness (QED) is 0.323. The van der Waals surface area contributed by atoms with Gasteiger partial charge in [-0.25, -0.2) is 4.98 Å². The second-order valence-electron chi connectivity index (χ2n) is 10.9. The molecule has 0 saturated carbocycles. The third-order valence-corrected chi connectivity index (χ3v) is 9.17. The van der Waals surface area contributed by atoms with Crippen molar-refractivity contribution in [3.8, 4) is 17.1 Å². The fourth-order valence-corrected chi connectivity index (χ4v) is 6.84. The van der Waals surface area contributed by atoms with Crippen molar-refractivity contribution >= 4 is 17.3 Å². The smallest absolute Gasteiger partial charge is 0.269 e. The van der Waals surface area contributed by atoms with E-state index in [1.54, 1.807) is 0 Å². The van der Waals surface area contributed by atoms with Gasteiger partial charge in [-0.3, -0.25) is 9.88 Å². The lowest BCUT2D eigenvalue weighted by molar-refractivity contribution is 0.0707. The SMILES string of the molecule is Cc1cccc(C)c1-c1cc2nc(n1)N[S+]([O-])c1cccc(c1)CCC1CCN(Cc3ccncc3)C[C@@H]1CO2. The Morgan fingerprint density at radius 1 is 0.975 bits per heavy atom. The van der Waals surface area contributed by atoms with E-state index in [1.807, 2.05) is 36.7 Å². The summed E-state index contributed by atoms with van der Waals surface area (Å²) in [6.45, 7) is 7.68. The molecule has 8 heteroatoms. The van der Waals surface area contributed by atoms with Gasteiger partial charge in [0.05, 0.1) is 12.3 Å². The molecule has 6 rings (SSSR count). The molecule has 1 N–H and O–H groups in total. The van der Waals surface area contributed by atoms with Crippen molar-refractivity contribution in [3.63, 3.8) is 0 Å². The van der Waals surface area contributed by atoms with Crippen molar-refractivity contribution in [1.29, 1.82) is 0 Å². The van der Waals surface area contributed by atoms with E-state index in [-0.39, 0.29) is 0 Å². The number of piperidine rings is 1. The summed E-state index contributed by atoms with van der Waals surface area (Å²) in [4.78, 5) is 16.9. The zero-order chi connectivity index (χ0) is 27.5. The van der Waals surface area contributed by atoms with E-state index in [4.69, 9.17) is 9.72 Å². The third kappa shape index (κ3) is 6.14. The van der Waals surface area contributed by atoms with Gasteiger partial charge < -0.3 is 9.29 Å². The molecular weight excluding hydrogens is 518 g/mol. The average molecular weight is 554 g/mol. The first-order valence-corrected chi connectivity index (χ1v) is 15.1. The second kappa shape index (κ2) is 12.0. The molecule has 0 amide bonds. The first kappa shape index (κ1) is 26.7. The number of nitrogens with one attached hydrogen (secondary N) is 1. The van der Waals surface area contributed by atoms with Crippen LogP contribution >= 0.6 is 0 Å². The molecule has 2 unspecified atom stereocenters. The number of benzene rings is 2. The van der Waals surface area contributed by atoms with Gasteiger partial charge in [0.2, 0.25) is 5.88 Å². The number of aryl methyl sites for hydroxylation is 3. The van der Waals surface area contributed by atoms with Crippen molar-refractivity contribution in [2.75, 3.05) is 24.4 Å². The highest BCUT2D eigenvalue weighted by molar-refractivity contribution is 7.92. The van der Waals surface area contributed by atoms with Crippen LogP contribution in [0.5, 0.6) is 5.88 Å². The Hall–Kier alpha value is -3.46. The van der Waals surface area contributed by atoms with Gasteiger partial charge in [0.15, 0.2) is 4.90 Å². The minimum atomic E-state index is -1.49. The van der Waals surface area contributed by atoms with E-state index >= 15 is 0 Å². The summed E-state index contributed by atoms with van der Waals surface area (Å²) in [5.41, 5.74) is 6.54. The molecule has 7 nitrogen and oxygen atoms in total. The molecule has 2 aliphatic rings. The summed E-state index contributed by atoms with van der Waals surface area (Å²) in [6, 6.07) is 20.4. The van der Waals surface area contributed by atoms with Crippen LogP contribution in [0.2, 0.25) is 0 Å². The molecule has 1 fully saturated rings. The number of likely N-dealkylation sites (tertiary alicyclic amines) is 1. The standard InChI is InChI=1S/C32H35N5O2S/c1-22-5-3-6-23(2)31(22)29-18-30-35-32(34-29)36-40(38)28-8-4-7-24(17-28)9-10-26-13-16-37(20-27(26)21-39-30)19-25-11-14-33-15-12-25/h3-8,11-12,14-15,17-18,26-27H,9-10,13,16,19-21H2,1-2H3,(H,34,35,36)/t26?,27-,40?/m1/s1. The summed E-state index contributed by atoms with van der Waals surface area (Å²) in [5.74, 6) is 1.70. The van der Waals surface area contributed by atoms with Crippen LogP contribution < -0.4 is 9.46 Å². The van der Waals surface area contributed by atoms with Crippen LogP contribution in [0.1, 0.15) is 35.1 Å². The minimum Gasteiger partial charge on any atom is -0.588 e. The highest BCUT2D eigenvalue weighted by Crippen LogP contribution is 2.33. The number of aromatic nitrogens is 3. The molecule has 0 radical (unpaired) electrons. The zero-order valence-corrected chi connectivity index (χ0v) is 23.9. The van der Waals surface area contributed by atoms with Gasteiger partial charge in [0, 0.05) is 43.0 Å². The van der Waals surface area contributed by atoms with Crippen molar-refractivity contribution in [2.24, 2.45) is 11.8 Å². The Kier molecular flexibility index (Phi) is 8.00. The van der Waals surface area contributed by atoms with Crippen LogP contribution in [-0.2, 0) is 24.3 Å². The zero-order valence-electron chi connectivity index (χ0n) is 23.0. The number of fused-ring (bicyclic) bond motifs is 5. The average Bonchev–Trinajstić information content (AvgIpc) is 2.96. The fourth-order valence-electron chi connectivity index (χ4n) is 6.01. The molecule has 0 spiro atoms. The number of ether oxygens (including phenoxy) is 1. The first-order valence-electron chi connectivity index (χ1n) is 14.0. The number of anilines is 1. The van der Waals surface area contributed by atoms with Gasteiger partial charge in [-0.15, -0.1) is 0 Å². The lowest BCUT2D eigenvalue weighted by Crippen LogP contribution is -2.42. The molecule has 4 aromatic rings. The molecule has 2 aromatic heterocycles. The van der Waals surface area contributed by atoms with Crippen LogP contribution in [0.3, 0.4) is 0 Å². The third-order valence-electron chi connectivity index (χ3n) is 8.12. The summed E-state index contributed by atoms with van der Waals surface area (Å²) < 4.78 is 22.8. The Labute approximate surface area is 239 Å². The fraction of sp³-hybridized carbons (Fsp3) is 0.344. The van der Waals surface area contributed by atoms with Crippen LogP contribution in [0.4, 0.5) is 5.95 Å². The van der Waals surface area contributed by atoms with Crippen LogP contribution in [-0.4, -0.2) is 44.1 Å².